The molecule has 190 valence electrons. The summed E-state index contributed by atoms with van der Waals surface area (Å²) in [5, 5.41) is 6.06. The van der Waals surface area contributed by atoms with E-state index in [1.807, 2.05) is 12.4 Å². The number of pyridine rings is 2. The highest BCUT2D eigenvalue weighted by Gasteiger charge is 2.26. The van der Waals surface area contributed by atoms with Crippen molar-refractivity contribution in [2.45, 2.75) is 6.42 Å². The molecule has 4 heteroatoms. The molecule has 0 bridgehead atoms. The van der Waals surface area contributed by atoms with E-state index in [1.165, 1.54) is 49.4 Å². The molecule has 0 N–H and O–H groups in total. The van der Waals surface area contributed by atoms with Crippen molar-refractivity contribution in [2.75, 3.05) is 0 Å². The van der Waals surface area contributed by atoms with Gasteiger partial charge in [-0.25, -0.2) is 4.98 Å². The number of benzene rings is 5. The van der Waals surface area contributed by atoms with Crippen LogP contribution < -0.4 is 0 Å². The highest BCUT2D eigenvalue weighted by Crippen LogP contribution is 2.47. The number of hydrogen-bond donors (Lipinski definition) is 0. The van der Waals surface area contributed by atoms with Gasteiger partial charge in [0.15, 0.2) is 0 Å². The van der Waals surface area contributed by atoms with Crippen LogP contribution in [0.2, 0.25) is 0 Å². The number of para-hydroxylation sites is 3. The average Bonchev–Trinajstić information content (AvgIpc) is 3.71. The lowest BCUT2D eigenvalue weighted by Crippen LogP contribution is -1.97. The quantitative estimate of drug-likeness (QED) is 0.202. The minimum Gasteiger partial charge on any atom is -0.309 e. The van der Waals surface area contributed by atoms with Crippen LogP contribution in [0.5, 0.6) is 0 Å². The van der Waals surface area contributed by atoms with E-state index in [1.54, 1.807) is 0 Å². The maximum atomic E-state index is 5.17. The Labute approximate surface area is 234 Å². The van der Waals surface area contributed by atoms with Gasteiger partial charge >= 0.3 is 0 Å². The number of nitrogens with zero attached hydrogens (tertiary/aromatic N) is 4. The molecule has 0 saturated carbocycles. The van der Waals surface area contributed by atoms with Gasteiger partial charge in [0.05, 0.1) is 27.6 Å². The molecule has 4 heterocycles. The maximum absolute atomic E-state index is 5.17. The normalized spacial score (nSPS) is 12.8. The minimum atomic E-state index is 0.946. The molecule has 1 aliphatic rings. The zero-order valence-electron chi connectivity index (χ0n) is 22.0. The lowest BCUT2D eigenvalue weighted by atomic mass is 9.99. The van der Waals surface area contributed by atoms with Crippen molar-refractivity contribution in [3.05, 3.63) is 133 Å². The van der Waals surface area contributed by atoms with Crippen LogP contribution in [0, 0.1) is 0 Å². The Morgan fingerprint density at radius 1 is 0.585 bits per heavy atom. The smallest absolute Gasteiger partial charge is 0.146 e. The van der Waals surface area contributed by atoms with Crippen LogP contribution in [0.25, 0.3) is 77.0 Å². The molecule has 0 radical (unpaired) electrons. The molecule has 0 unspecified atom stereocenters. The van der Waals surface area contributed by atoms with Gasteiger partial charge in [-0.3, -0.25) is 9.38 Å². The van der Waals surface area contributed by atoms with Gasteiger partial charge in [-0.15, -0.1) is 0 Å². The van der Waals surface area contributed by atoms with Gasteiger partial charge in [0.25, 0.3) is 0 Å². The van der Waals surface area contributed by atoms with Gasteiger partial charge in [0.2, 0.25) is 0 Å². The number of hydrogen-bond acceptors (Lipinski definition) is 2. The van der Waals surface area contributed by atoms with Crippen molar-refractivity contribution in [3.63, 3.8) is 0 Å². The van der Waals surface area contributed by atoms with Gasteiger partial charge in [-0.05, 0) is 71.1 Å². The first-order valence-electron chi connectivity index (χ1n) is 14.1. The van der Waals surface area contributed by atoms with Gasteiger partial charge in [-0.1, -0.05) is 66.7 Å². The van der Waals surface area contributed by atoms with E-state index in [9.17, 15) is 0 Å². The standard InChI is InChI=1S/C37H22N4/c1-2-9-23(10-3-1)40-33-17-16-25-24-11-5-4-8-22(24)20-28(25)34(33)26-14-15-27-35(36(26)40)29-21-38-19-18-31(29)41-32-13-7-6-12-30(32)39-37(27)41/h1-19,21H,20H2. The first kappa shape index (κ1) is 21.4. The SMILES string of the molecule is c1ccc(-n2c3ccc4c(c3c3ccc5c(c6cnccc6n6c7ccccc7nc56)c32)Cc2ccccc2-4)cc1. The van der Waals surface area contributed by atoms with E-state index in [0.29, 0.717) is 0 Å². The molecular weight excluding hydrogens is 500 g/mol. The molecule has 0 saturated heterocycles. The van der Waals surface area contributed by atoms with Crippen LogP contribution in [-0.4, -0.2) is 18.9 Å². The van der Waals surface area contributed by atoms with Crippen molar-refractivity contribution in [1.29, 1.82) is 0 Å². The van der Waals surface area contributed by atoms with E-state index in [2.05, 4.69) is 123 Å². The van der Waals surface area contributed by atoms with E-state index in [0.717, 1.165) is 45.1 Å². The van der Waals surface area contributed by atoms with Gasteiger partial charge in [0.1, 0.15) is 5.65 Å². The number of imidazole rings is 1. The van der Waals surface area contributed by atoms with Crippen molar-refractivity contribution in [3.8, 4) is 16.8 Å². The molecule has 41 heavy (non-hydrogen) atoms. The summed E-state index contributed by atoms with van der Waals surface area (Å²) in [6.07, 6.45) is 4.86. The first-order valence-corrected chi connectivity index (χ1v) is 14.1. The summed E-state index contributed by atoms with van der Waals surface area (Å²) in [5.74, 6) is 0. The maximum Gasteiger partial charge on any atom is 0.146 e. The molecule has 9 aromatic rings. The number of rotatable bonds is 1. The summed E-state index contributed by atoms with van der Waals surface area (Å²) in [6.45, 7) is 0. The lowest BCUT2D eigenvalue weighted by molar-refractivity contribution is 1.18. The van der Waals surface area contributed by atoms with Crippen LogP contribution in [0.15, 0.2) is 122 Å². The molecule has 4 nitrogen and oxygen atoms in total. The molecule has 0 amide bonds. The molecule has 0 atom stereocenters. The molecule has 0 aliphatic heterocycles. The van der Waals surface area contributed by atoms with Crippen LogP contribution in [-0.2, 0) is 6.42 Å². The Morgan fingerprint density at radius 2 is 1.41 bits per heavy atom. The van der Waals surface area contributed by atoms with Crippen LogP contribution >= 0.6 is 0 Å². The third kappa shape index (κ3) is 2.64. The topological polar surface area (TPSA) is 35.1 Å². The third-order valence-corrected chi connectivity index (χ3v) is 9.00. The van der Waals surface area contributed by atoms with E-state index >= 15 is 0 Å². The molecule has 5 aromatic carbocycles. The second-order valence-corrected chi connectivity index (χ2v) is 11.0. The Bertz CT molecular complexity index is 2550. The predicted molar refractivity (Wildman–Crippen MR) is 168 cm³/mol. The zero-order chi connectivity index (χ0) is 26.7. The monoisotopic (exact) mass is 522 g/mol. The van der Waals surface area contributed by atoms with Gasteiger partial charge < -0.3 is 4.57 Å². The summed E-state index contributed by atoms with van der Waals surface area (Å²) in [4.78, 5) is 9.81. The second-order valence-electron chi connectivity index (χ2n) is 11.0. The second kappa shape index (κ2) is 7.58. The summed E-state index contributed by atoms with van der Waals surface area (Å²) >= 11 is 0. The van der Waals surface area contributed by atoms with Crippen molar-refractivity contribution < 1.29 is 0 Å². The summed E-state index contributed by atoms with van der Waals surface area (Å²) < 4.78 is 4.76. The summed E-state index contributed by atoms with van der Waals surface area (Å²) in [7, 11) is 0. The predicted octanol–water partition coefficient (Wildman–Crippen LogP) is 8.86. The fraction of sp³-hybridized carbons (Fsp3) is 0.0270. The number of fused-ring (bicyclic) bond motifs is 16. The van der Waals surface area contributed by atoms with E-state index in [-0.39, 0.29) is 0 Å². The van der Waals surface area contributed by atoms with Crippen molar-refractivity contribution in [2.24, 2.45) is 0 Å². The summed E-state index contributed by atoms with van der Waals surface area (Å²) in [6, 6.07) is 39.4. The van der Waals surface area contributed by atoms with Crippen molar-refractivity contribution in [1.82, 2.24) is 18.9 Å². The third-order valence-electron chi connectivity index (χ3n) is 9.00. The fourth-order valence-electron chi connectivity index (χ4n) is 7.36. The first-order chi connectivity index (χ1) is 20.4. The molecular formula is C37H22N4. The van der Waals surface area contributed by atoms with Crippen LogP contribution in [0.3, 0.4) is 0 Å². The van der Waals surface area contributed by atoms with Gasteiger partial charge in [0, 0.05) is 45.0 Å². The minimum absolute atomic E-state index is 0.946. The molecule has 10 rings (SSSR count). The van der Waals surface area contributed by atoms with Gasteiger partial charge in [-0.2, -0.15) is 0 Å². The summed E-state index contributed by atoms with van der Waals surface area (Å²) in [5.41, 5.74) is 13.3. The van der Waals surface area contributed by atoms with E-state index < -0.39 is 0 Å². The Kier molecular flexibility index (Phi) is 3.95. The average molecular weight is 523 g/mol. The largest absolute Gasteiger partial charge is 0.309 e. The number of aromatic nitrogens is 4. The zero-order valence-corrected chi connectivity index (χ0v) is 22.0. The molecule has 4 aromatic heterocycles. The Morgan fingerprint density at radius 3 is 2.37 bits per heavy atom. The lowest BCUT2D eigenvalue weighted by Gasteiger charge is -2.13. The Balaban J connectivity index is 1.49. The fourth-order valence-corrected chi connectivity index (χ4v) is 7.36. The van der Waals surface area contributed by atoms with E-state index in [4.69, 9.17) is 4.98 Å². The Hall–Kier alpha value is -5.48. The van der Waals surface area contributed by atoms with Crippen molar-refractivity contribution >= 4 is 60.2 Å². The highest BCUT2D eigenvalue weighted by atomic mass is 15.0. The van der Waals surface area contributed by atoms with Crippen LogP contribution in [0.1, 0.15) is 11.1 Å². The highest BCUT2D eigenvalue weighted by molar-refractivity contribution is 6.28. The van der Waals surface area contributed by atoms with Crippen LogP contribution in [0.4, 0.5) is 0 Å². The molecule has 0 fully saturated rings. The molecule has 0 spiro atoms. The molecule has 1 aliphatic carbocycles.